The first-order valence-corrected chi connectivity index (χ1v) is 6.09. The Morgan fingerprint density at radius 3 is 2.40 bits per heavy atom. The van der Waals surface area contributed by atoms with Gasteiger partial charge in [-0.25, -0.2) is 0 Å². The third-order valence-corrected chi connectivity index (χ3v) is 3.66. The molecule has 0 amide bonds. The van der Waals surface area contributed by atoms with Gasteiger partial charge in [-0.2, -0.15) is 17.4 Å². The molecule has 0 aliphatic rings. The minimum absolute atomic E-state index is 0.327. The molecule has 0 saturated carbocycles. The summed E-state index contributed by atoms with van der Waals surface area (Å²) in [4.78, 5) is 0. The largest absolute Gasteiger partial charge is 0.279 e. The number of hydrogen-bond acceptors (Lipinski definition) is 2. The zero-order valence-electron chi connectivity index (χ0n) is 9.19. The topological polar surface area (TPSA) is 49.4 Å². The van der Waals surface area contributed by atoms with Crippen LogP contribution in [0.25, 0.3) is 0 Å². The van der Waals surface area contributed by atoms with Gasteiger partial charge in [-0.3, -0.25) is 0 Å². The van der Waals surface area contributed by atoms with E-state index in [0.29, 0.717) is 6.54 Å². The van der Waals surface area contributed by atoms with E-state index in [-0.39, 0.29) is 0 Å². The molecule has 0 unspecified atom stereocenters. The maximum Gasteiger partial charge on any atom is 0.279 e. The summed E-state index contributed by atoms with van der Waals surface area (Å²) in [5.74, 6) is 0. The zero-order chi connectivity index (χ0) is 11.5. The Balaban J connectivity index is 2.70. The summed E-state index contributed by atoms with van der Waals surface area (Å²) < 4.78 is 26.5. The molecule has 5 heteroatoms. The molecule has 0 spiro atoms. The first-order chi connectivity index (χ1) is 6.93. The lowest BCUT2D eigenvalue weighted by molar-refractivity contribution is 0.505. The van der Waals surface area contributed by atoms with Gasteiger partial charge in [0.2, 0.25) is 0 Å². The van der Waals surface area contributed by atoms with Crippen LogP contribution in [0.2, 0.25) is 0 Å². The van der Waals surface area contributed by atoms with E-state index in [9.17, 15) is 8.42 Å². The average molecular weight is 228 g/mol. The van der Waals surface area contributed by atoms with Crippen LogP contribution in [0.15, 0.2) is 24.3 Å². The number of nitrogens with zero attached hydrogens (tertiary/aromatic N) is 1. The highest BCUT2D eigenvalue weighted by Gasteiger charge is 2.12. The van der Waals surface area contributed by atoms with Crippen LogP contribution in [0.5, 0.6) is 0 Å². The van der Waals surface area contributed by atoms with Crippen molar-refractivity contribution in [2.45, 2.75) is 13.5 Å². The predicted octanol–water partition coefficient (Wildman–Crippen LogP) is 0.891. The average Bonchev–Trinajstić information content (AvgIpc) is 2.16. The van der Waals surface area contributed by atoms with Gasteiger partial charge >= 0.3 is 0 Å². The lowest BCUT2D eigenvalue weighted by Crippen LogP contribution is -2.35. The molecule has 1 aromatic rings. The second-order valence-electron chi connectivity index (χ2n) is 3.54. The molecule has 0 aromatic heterocycles. The van der Waals surface area contributed by atoms with Crippen LogP contribution in [-0.4, -0.2) is 26.8 Å². The molecule has 1 N–H and O–H groups in total. The Morgan fingerprint density at radius 2 is 1.87 bits per heavy atom. The van der Waals surface area contributed by atoms with E-state index in [4.69, 9.17) is 0 Å². The fourth-order valence-corrected chi connectivity index (χ4v) is 1.70. The molecule has 0 aliphatic carbocycles. The van der Waals surface area contributed by atoms with Crippen LogP contribution in [0.3, 0.4) is 0 Å². The number of nitrogens with one attached hydrogen (secondary N) is 1. The van der Waals surface area contributed by atoms with E-state index in [1.807, 2.05) is 31.2 Å². The highest BCUT2D eigenvalue weighted by Crippen LogP contribution is 2.06. The van der Waals surface area contributed by atoms with Gasteiger partial charge in [-0.15, -0.1) is 0 Å². The third kappa shape index (κ3) is 3.30. The Kier molecular flexibility index (Phi) is 3.84. The second kappa shape index (κ2) is 4.74. The maximum atomic E-state index is 11.4. The van der Waals surface area contributed by atoms with E-state index in [1.165, 1.54) is 14.1 Å². The Bertz CT molecular complexity index is 427. The third-order valence-electron chi connectivity index (χ3n) is 2.19. The van der Waals surface area contributed by atoms with E-state index in [2.05, 4.69) is 4.72 Å². The minimum Gasteiger partial charge on any atom is -0.198 e. The number of hydrogen-bond donors (Lipinski definition) is 1. The molecule has 0 bridgehead atoms. The Labute approximate surface area is 91.1 Å². The smallest absolute Gasteiger partial charge is 0.198 e. The van der Waals surface area contributed by atoms with Gasteiger partial charge in [-0.1, -0.05) is 24.3 Å². The predicted molar refractivity (Wildman–Crippen MR) is 60.6 cm³/mol. The second-order valence-corrected chi connectivity index (χ2v) is 5.50. The molecular formula is C10H16N2O2S. The molecule has 15 heavy (non-hydrogen) atoms. The summed E-state index contributed by atoms with van der Waals surface area (Å²) in [5, 5.41) is 0. The summed E-state index contributed by atoms with van der Waals surface area (Å²) in [6.07, 6.45) is 0. The van der Waals surface area contributed by atoms with Crippen LogP contribution >= 0.6 is 0 Å². The monoisotopic (exact) mass is 228 g/mol. The first-order valence-electron chi connectivity index (χ1n) is 4.65. The van der Waals surface area contributed by atoms with Crippen molar-refractivity contribution in [1.82, 2.24) is 9.03 Å². The fourth-order valence-electron chi connectivity index (χ4n) is 1.11. The quantitative estimate of drug-likeness (QED) is 0.832. The fraction of sp³-hybridized carbons (Fsp3) is 0.400. The first kappa shape index (κ1) is 12.2. The lowest BCUT2D eigenvalue weighted by Gasteiger charge is -2.13. The van der Waals surface area contributed by atoms with Crippen molar-refractivity contribution >= 4 is 10.2 Å². The number of rotatable bonds is 4. The van der Waals surface area contributed by atoms with Crippen LogP contribution < -0.4 is 4.72 Å². The summed E-state index contributed by atoms with van der Waals surface area (Å²) in [6.45, 7) is 2.28. The molecule has 0 radical (unpaired) electrons. The van der Waals surface area contributed by atoms with Crippen LogP contribution in [0, 0.1) is 6.92 Å². The zero-order valence-corrected chi connectivity index (χ0v) is 10.0. The SMILES string of the molecule is Cc1ccccc1CNS(=O)(=O)N(C)C. The molecule has 0 atom stereocenters. The van der Waals surface area contributed by atoms with Crippen molar-refractivity contribution in [3.05, 3.63) is 35.4 Å². The molecule has 1 aromatic carbocycles. The van der Waals surface area contributed by atoms with Gasteiger partial charge in [-0.05, 0) is 18.1 Å². The van der Waals surface area contributed by atoms with Crippen molar-refractivity contribution in [2.75, 3.05) is 14.1 Å². The van der Waals surface area contributed by atoms with Crippen LogP contribution in [0.4, 0.5) is 0 Å². The highest BCUT2D eigenvalue weighted by atomic mass is 32.2. The standard InChI is InChI=1S/C10H16N2O2S/c1-9-6-4-5-7-10(9)8-11-15(13,14)12(2)3/h4-7,11H,8H2,1-3H3. The molecule has 0 saturated heterocycles. The summed E-state index contributed by atoms with van der Waals surface area (Å²) in [5.41, 5.74) is 2.07. The Morgan fingerprint density at radius 1 is 1.27 bits per heavy atom. The molecule has 0 fully saturated rings. The molecule has 0 heterocycles. The van der Waals surface area contributed by atoms with Gasteiger partial charge in [0.1, 0.15) is 0 Å². The number of benzene rings is 1. The van der Waals surface area contributed by atoms with Gasteiger partial charge in [0.15, 0.2) is 0 Å². The minimum atomic E-state index is -3.33. The Hall–Kier alpha value is -0.910. The van der Waals surface area contributed by atoms with Gasteiger partial charge in [0.05, 0.1) is 0 Å². The van der Waals surface area contributed by atoms with Gasteiger partial charge in [0, 0.05) is 20.6 Å². The summed E-state index contributed by atoms with van der Waals surface area (Å²) in [6, 6.07) is 7.69. The lowest BCUT2D eigenvalue weighted by atomic mass is 10.1. The van der Waals surface area contributed by atoms with Crippen molar-refractivity contribution in [3.63, 3.8) is 0 Å². The van der Waals surface area contributed by atoms with Crippen molar-refractivity contribution in [3.8, 4) is 0 Å². The van der Waals surface area contributed by atoms with Gasteiger partial charge < -0.3 is 0 Å². The molecule has 1 rings (SSSR count). The number of aryl methyl sites for hydroxylation is 1. The van der Waals surface area contributed by atoms with Crippen LogP contribution in [-0.2, 0) is 16.8 Å². The van der Waals surface area contributed by atoms with Crippen LogP contribution in [0.1, 0.15) is 11.1 Å². The molecular weight excluding hydrogens is 212 g/mol. The summed E-state index contributed by atoms with van der Waals surface area (Å²) in [7, 11) is -0.329. The molecule has 4 nitrogen and oxygen atoms in total. The van der Waals surface area contributed by atoms with E-state index in [1.54, 1.807) is 0 Å². The molecule has 84 valence electrons. The highest BCUT2D eigenvalue weighted by molar-refractivity contribution is 7.87. The van der Waals surface area contributed by atoms with Crippen molar-refractivity contribution in [1.29, 1.82) is 0 Å². The molecule has 0 aliphatic heterocycles. The van der Waals surface area contributed by atoms with Crippen molar-refractivity contribution in [2.24, 2.45) is 0 Å². The van der Waals surface area contributed by atoms with E-state index >= 15 is 0 Å². The van der Waals surface area contributed by atoms with Gasteiger partial charge in [0.25, 0.3) is 10.2 Å². The maximum absolute atomic E-state index is 11.4. The normalized spacial score (nSPS) is 12.0. The van der Waals surface area contributed by atoms with Crippen molar-refractivity contribution < 1.29 is 8.42 Å². The summed E-state index contributed by atoms with van der Waals surface area (Å²) >= 11 is 0. The van der Waals surface area contributed by atoms with E-state index in [0.717, 1.165) is 15.4 Å². The van der Waals surface area contributed by atoms with E-state index < -0.39 is 10.2 Å².